The number of amides is 2. The lowest BCUT2D eigenvalue weighted by molar-refractivity contribution is 0.170. The summed E-state index contributed by atoms with van der Waals surface area (Å²) in [5.41, 5.74) is 3.24. The van der Waals surface area contributed by atoms with E-state index < -0.39 is 0 Å². The van der Waals surface area contributed by atoms with Gasteiger partial charge in [-0.25, -0.2) is 4.79 Å². The van der Waals surface area contributed by atoms with Gasteiger partial charge in [-0.2, -0.15) is 0 Å². The zero-order valence-corrected chi connectivity index (χ0v) is 21.2. The third-order valence-electron chi connectivity index (χ3n) is 7.26. The van der Waals surface area contributed by atoms with E-state index in [0.717, 1.165) is 24.1 Å². The number of benzene rings is 2. The van der Waals surface area contributed by atoms with Crippen LogP contribution in [0, 0.1) is 0 Å². The van der Waals surface area contributed by atoms with E-state index >= 15 is 0 Å². The number of carbonyl (C=O) groups is 1. The molecule has 1 N–H and O–H groups in total. The number of nitrogens with one attached hydrogen (secondary N) is 1. The molecule has 7 heteroatoms. The van der Waals surface area contributed by atoms with Gasteiger partial charge in [0.25, 0.3) is 0 Å². The zero-order valence-electron chi connectivity index (χ0n) is 20.5. The van der Waals surface area contributed by atoms with Crippen LogP contribution in [0.4, 0.5) is 4.79 Å². The van der Waals surface area contributed by atoms with Crippen LogP contribution in [0.15, 0.2) is 36.4 Å². The average Bonchev–Trinajstić information content (AvgIpc) is 2.88. The quantitative estimate of drug-likeness (QED) is 0.579. The zero-order chi connectivity index (χ0) is 24.1. The standard InChI is InChI=1S/C27H36ClN3O3/c1-30(22-7-5-4-6-8-22)16-14-29-27(32)31-15-13-20-17-24(33-2)25(34-3)18-23(20)26(31)19-9-11-21(28)12-10-19/h9-12,17-18,22,26H,4-8,13-16H2,1-3H3,(H,29,32). The first-order chi connectivity index (χ1) is 16.5. The lowest BCUT2D eigenvalue weighted by Crippen LogP contribution is -2.48. The molecule has 2 aromatic carbocycles. The number of likely N-dealkylation sites (N-methyl/N-ethyl adjacent to an activating group) is 1. The first-order valence-corrected chi connectivity index (χ1v) is 12.6. The van der Waals surface area contributed by atoms with Gasteiger partial charge in [-0.1, -0.05) is 43.0 Å². The predicted octanol–water partition coefficient (Wildman–Crippen LogP) is 5.28. The Labute approximate surface area is 208 Å². The van der Waals surface area contributed by atoms with E-state index in [1.54, 1.807) is 14.2 Å². The van der Waals surface area contributed by atoms with Crippen LogP contribution < -0.4 is 14.8 Å². The van der Waals surface area contributed by atoms with Crippen LogP contribution in [0.5, 0.6) is 11.5 Å². The van der Waals surface area contributed by atoms with Gasteiger partial charge in [-0.15, -0.1) is 0 Å². The van der Waals surface area contributed by atoms with Gasteiger partial charge in [0.05, 0.1) is 20.3 Å². The summed E-state index contributed by atoms with van der Waals surface area (Å²) >= 11 is 6.17. The van der Waals surface area contributed by atoms with Crippen LogP contribution in [0.25, 0.3) is 0 Å². The molecule has 1 heterocycles. The monoisotopic (exact) mass is 485 g/mol. The molecule has 184 valence electrons. The Bertz CT molecular complexity index is 976. The number of nitrogens with zero attached hydrogens (tertiary/aromatic N) is 2. The van der Waals surface area contributed by atoms with Gasteiger partial charge in [0, 0.05) is 30.7 Å². The molecule has 6 nitrogen and oxygen atoms in total. The van der Waals surface area contributed by atoms with Crippen molar-refractivity contribution in [1.29, 1.82) is 0 Å². The van der Waals surface area contributed by atoms with Gasteiger partial charge in [0.1, 0.15) is 0 Å². The smallest absolute Gasteiger partial charge is 0.318 e. The Hall–Kier alpha value is -2.44. The normalized spacial score (nSPS) is 18.5. The Morgan fingerprint density at radius 2 is 1.76 bits per heavy atom. The van der Waals surface area contributed by atoms with Gasteiger partial charge in [0.15, 0.2) is 11.5 Å². The Balaban J connectivity index is 1.53. The van der Waals surface area contributed by atoms with E-state index in [1.807, 2.05) is 41.3 Å². The summed E-state index contributed by atoms with van der Waals surface area (Å²) in [5.74, 6) is 1.37. The molecule has 1 aliphatic heterocycles. The number of hydrogen-bond acceptors (Lipinski definition) is 4. The molecule has 0 aromatic heterocycles. The maximum absolute atomic E-state index is 13.4. The first-order valence-electron chi connectivity index (χ1n) is 12.3. The molecule has 2 aromatic rings. The number of hydrogen-bond donors (Lipinski definition) is 1. The highest BCUT2D eigenvalue weighted by Crippen LogP contribution is 2.41. The molecule has 0 spiro atoms. The summed E-state index contributed by atoms with van der Waals surface area (Å²) < 4.78 is 11.1. The van der Waals surface area contributed by atoms with Gasteiger partial charge >= 0.3 is 6.03 Å². The van der Waals surface area contributed by atoms with Crippen molar-refractivity contribution >= 4 is 17.6 Å². The summed E-state index contributed by atoms with van der Waals surface area (Å²) in [4.78, 5) is 17.7. The predicted molar refractivity (Wildman–Crippen MR) is 136 cm³/mol. The van der Waals surface area contributed by atoms with E-state index in [-0.39, 0.29) is 12.1 Å². The van der Waals surface area contributed by atoms with Crippen molar-refractivity contribution in [1.82, 2.24) is 15.1 Å². The van der Waals surface area contributed by atoms with Crippen molar-refractivity contribution < 1.29 is 14.3 Å². The highest BCUT2D eigenvalue weighted by atomic mass is 35.5. The molecule has 1 aliphatic carbocycles. The van der Waals surface area contributed by atoms with Crippen LogP contribution in [-0.4, -0.2) is 62.8 Å². The van der Waals surface area contributed by atoms with E-state index in [2.05, 4.69) is 17.3 Å². The molecule has 0 saturated heterocycles. The lowest BCUT2D eigenvalue weighted by Gasteiger charge is -2.38. The van der Waals surface area contributed by atoms with Crippen LogP contribution in [-0.2, 0) is 6.42 Å². The van der Waals surface area contributed by atoms with Crippen molar-refractivity contribution in [3.63, 3.8) is 0 Å². The highest BCUT2D eigenvalue weighted by molar-refractivity contribution is 6.30. The number of fused-ring (bicyclic) bond motifs is 1. The van der Waals surface area contributed by atoms with Crippen molar-refractivity contribution in [2.75, 3.05) is 40.9 Å². The number of urea groups is 1. The molecular formula is C27H36ClN3O3. The fourth-order valence-electron chi connectivity index (χ4n) is 5.31. The third-order valence-corrected chi connectivity index (χ3v) is 7.51. The molecule has 1 fully saturated rings. The number of rotatable bonds is 7. The fourth-order valence-corrected chi connectivity index (χ4v) is 5.44. The second-order valence-electron chi connectivity index (χ2n) is 9.31. The summed E-state index contributed by atoms with van der Waals surface area (Å²) in [6, 6.07) is 12.1. The largest absolute Gasteiger partial charge is 0.493 e. The molecule has 4 rings (SSSR count). The number of ether oxygens (including phenoxy) is 2. The minimum absolute atomic E-state index is 0.0440. The molecule has 1 atom stereocenters. The Kier molecular flexibility index (Phi) is 8.22. The lowest BCUT2D eigenvalue weighted by atomic mass is 9.88. The molecular weight excluding hydrogens is 450 g/mol. The van der Waals surface area contributed by atoms with Crippen molar-refractivity contribution in [3.8, 4) is 11.5 Å². The average molecular weight is 486 g/mol. The Morgan fingerprint density at radius 3 is 2.44 bits per heavy atom. The molecule has 1 unspecified atom stereocenters. The molecule has 0 radical (unpaired) electrons. The topological polar surface area (TPSA) is 54.0 Å². The van der Waals surface area contributed by atoms with Gasteiger partial charge in [-0.05, 0) is 67.3 Å². The third kappa shape index (κ3) is 5.44. The van der Waals surface area contributed by atoms with Crippen LogP contribution >= 0.6 is 11.6 Å². The Morgan fingerprint density at radius 1 is 1.09 bits per heavy atom. The number of halogens is 1. The van der Waals surface area contributed by atoms with Crippen LogP contribution in [0.1, 0.15) is 54.8 Å². The summed E-state index contributed by atoms with van der Waals surface area (Å²) in [7, 11) is 5.46. The van der Waals surface area contributed by atoms with Gasteiger partial charge < -0.3 is 24.6 Å². The molecule has 2 amide bonds. The SMILES string of the molecule is COc1cc2c(cc1OC)C(c1ccc(Cl)cc1)N(C(=O)NCCN(C)C1CCCCC1)CC2. The second kappa shape index (κ2) is 11.3. The van der Waals surface area contributed by atoms with E-state index in [9.17, 15) is 4.79 Å². The van der Waals surface area contributed by atoms with Gasteiger partial charge in [-0.3, -0.25) is 0 Å². The fraction of sp³-hybridized carbons (Fsp3) is 0.519. The summed E-state index contributed by atoms with van der Waals surface area (Å²) in [5, 5.41) is 3.85. The van der Waals surface area contributed by atoms with Crippen LogP contribution in [0.3, 0.4) is 0 Å². The van der Waals surface area contributed by atoms with Crippen molar-refractivity contribution in [2.45, 2.75) is 50.6 Å². The second-order valence-corrected chi connectivity index (χ2v) is 9.74. The number of methoxy groups -OCH3 is 2. The van der Waals surface area contributed by atoms with Crippen LogP contribution in [0.2, 0.25) is 5.02 Å². The molecule has 0 bridgehead atoms. The molecule has 2 aliphatic rings. The highest BCUT2D eigenvalue weighted by Gasteiger charge is 2.33. The number of carbonyl (C=O) groups excluding carboxylic acids is 1. The summed E-state index contributed by atoms with van der Waals surface area (Å²) in [6.45, 7) is 2.12. The van der Waals surface area contributed by atoms with Crippen molar-refractivity contribution in [3.05, 3.63) is 58.1 Å². The van der Waals surface area contributed by atoms with E-state index in [4.69, 9.17) is 21.1 Å². The van der Waals surface area contributed by atoms with E-state index in [0.29, 0.717) is 35.7 Å². The van der Waals surface area contributed by atoms with Crippen molar-refractivity contribution in [2.24, 2.45) is 0 Å². The first kappa shape index (κ1) is 24.7. The maximum atomic E-state index is 13.4. The molecule has 34 heavy (non-hydrogen) atoms. The van der Waals surface area contributed by atoms with E-state index in [1.165, 1.54) is 37.7 Å². The van der Waals surface area contributed by atoms with Gasteiger partial charge in [0.2, 0.25) is 0 Å². The minimum atomic E-state index is -0.225. The minimum Gasteiger partial charge on any atom is -0.493 e. The summed E-state index contributed by atoms with van der Waals surface area (Å²) in [6.07, 6.45) is 7.25. The maximum Gasteiger partial charge on any atom is 0.318 e. The molecule has 1 saturated carbocycles.